The second kappa shape index (κ2) is 5.70. The third kappa shape index (κ3) is 2.72. The van der Waals surface area contributed by atoms with E-state index >= 15 is 0 Å². The van der Waals surface area contributed by atoms with E-state index in [4.69, 9.17) is 9.47 Å². The zero-order chi connectivity index (χ0) is 13.9. The van der Waals surface area contributed by atoms with Crippen molar-refractivity contribution < 1.29 is 14.3 Å². The van der Waals surface area contributed by atoms with Gasteiger partial charge in [0.25, 0.3) is 5.91 Å². The molecule has 1 aliphatic rings. The summed E-state index contributed by atoms with van der Waals surface area (Å²) in [7, 11) is 0. The highest BCUT2D eigenvalue weighted by atomic mass is 127. The fourth-order valence-corrected chi connectivity index (χ4v) is 2.45. The topological polar surface area (TPSA) is 47.6 Å². The van der Waals surface area contributed by atoms with Gasteiger partial charge < -0.3 is 14.8 Å². The van der Waals surface area contributed by atoms with Crippen LogP contribution in [-0.2, 0) is 4.79 Å². The number of ether oxygens (including phenoxy) is 2. The molecule has 1 amide bonds. The van der Waals surface area contributed by atoms with Crippen molar-refractivity contribution in [1.29, 1.82) is 0 Å². The molecule has 0 unspecified atom stereocenters. The van der Waals surface area contributed by atoms with Gasteiger partial charge in [-0.05, 0) is 46.9 Å². The molecular formula is C15H12INO3. The Morgan fingerprint density at radius 2 is 1.80 bits per heavy atom. The average Bonchev–Trinajstić information content (AvgIpc) is 2.49. The monoisotopic (exact) mass is 381 g/mol. The molecule has 1 atom stereocenters. The van der Waals surface area contributed by atoms with Gasteiger partial charge in [-0.25, -0.2) is 0 Å². The fourth-order valence-electron chi connectivity index (χ4n) is 1.92. The van der Waals surface area contributed by atoms with Crippen molar-refractivity contribution in [2.75, 3.05) is 11.9 Å². The van der Waals surface area contributed by atoms with Crippen molar-refractivity contribution in [3.05, 3.63) is 52.1 Å². The zero-order valence-electron chi connectivity index (χ0n) is 10.5. The van der Waals surface area contributed by atoms with Gasteiger partial charge in [-0.3, -0.25) is 4.79 Å². The van der Waals surface area contributed by atoms with Crippen LogP contribution in [0.2, 0.25) is 0 Å². The van der Waals surface area contributed by atoms with Crippen LogP contribution in [0.4, 0.5) is 5.69 Å². The summed E-state index contributed by atoms with van der Waals surface area (Å²) in [5.41, 5.74) is 0.778. The lowest BCUT2D eigenvalue weighted by Gasteiger charge is -2.25. The molecule has 0 aromatic heterocycles. The van der Waals surface area contributed by atoms with Gasteiger partial charge in [0.15, 0.2) is 11.5 Å². The van der Waals surface area contributed by atoms with Crippen LogP contribution in [0.3, 0.4) is 0 Å². The Morgan fingerprint density at radius 3 is 2.60 bits per heavy atom. The van der Waals surface area contributed by atoms with E-state index in [1.165, 1.54) is 0 Å². The van der Waals surface area contributed by atoms with Crippen molar-refractivity contribution in [3.8, 4) is 11.5 Å². The van der Waals surface area contributed by atoms with Crippen LogP contribution in [0, 0.1) is 3.57 Å². The Morgan fingerprint density at radius 1 is 1.10 bits per heavy atom. The first kappa shape index (κ1) is 13.2. The summed E-state index contributed by atoms with van der Waals surface area (Å²) in [6, 6.07) is 14.9. The number of para-hydroxylation sites is 3. The van der Waals surface area contributed by atoms with Crippen LogP contribution in [-0.4, -0.2) is 18.6 Å². The molecule has 3 rings (SSSR count). The minimum atomic E-state index is -0.638. The minimum absolute atomic E-state index is 0.205. The number of hydrogen-bond donors (Lipinski definition) is 1. The summed E-state index contributed by atoms with van der Waals surface area (Å²) in [5.74, 6) is 1.07. The number of benzene rings is 2. The van der Waals surface area contributed by atoms with E-state index in [9.17, 15) is 4.79 Å². The van der Waals surface area contributed by atoms with Gasteiger partial charge >= 0.3 is 0 Å². The summed E-state index contributed by atoms with van der Waals surface area (Å²) < 4.78 is 12.2. The molecule has 2 aromatic carbocycles. The second-order valence-corrected chi connectivity index (χ2v) is 5.50. The highest BCUT2D eigenvalue weighted by Crippen LogP contribution is 2.31. The molecule has 0 fully saturated rings. The summed E-state index contributed by atoms with van der Waals surface area (Å²) >= 11 is 2.18. The predicted octanol–water partition coefficient (Wildman–Crippen LogP) is 3.07. The van der Waals surface area contributed by atoms with E-state index in [2.05, 4.69) is 27.9 Å². The first-order valence-corrected chi connectivity index (χ1v) is 7.26. The van der Waals surface area contributed by atoms with E-state index in [1.807, 2.05) is 42.5 Å². The quantitative estimate of drug-likeness (QED) is 0.814. The molecule has 0 radical (unpaired) electrons. The van der Waals surface area contributed by atoms with Crippen LogP contribution >= 0.6 is 22.6 Å². The Balaban J connectivity index is 1.72. The molecule has 20 heavy (non-hydrogen) atoms. The first-order chi connectivity index (χ1) is 9.74. The Bertz CT molecular complexity index is 645. The number of hydrogen-bond acceptors (Lipinski definition) is 3. The van der Waals surface area contributed by atoms with Gasteiger partial charge in [0, 0.05) is 3.57 Å². The van der Waals surface area contributed by atoms with Crippen molar-refractivity contribution in [1.82, 2.24) is 0 Å². The smallest absolute Gasteiger partial charge is 0.269 e. The van der Waals surface area contributed by atoms with E-state index in [1.54, 1.807) is 6.07 Å². The van der Waals surface area contributed by atoms with E-state index in [0.29, 0.717) is 11.5 Å². The third-order valence-corrected chi connectivity index (χ3v) is 3.87. The lowest BCUT2D eigenvalue weighted by molar-refractivity contribution is -0.125. The maximum absolute atomic E-state index is 12.2. The number of nitrogens with one attached hydrogen (secondary N) is 1. The lowest BCUT2D eigenvalue weighted by atomic mass is 10.2. The number of rotatable bonds is 2. The molecular weight excluding hydrogens is 369 g/mol. The van der Waals surface area contributed by atoms with Crippen LogP contribution in [0.15, 0.2) is 48.5 Å². The van der Waals surface area contributed by atoms with Gasteiger partial charge in [-0.2, -0.15) is 0 Å². The number of carbonyl (C=O) groups is 1. The molecule has 2 aromatic rings. The molecule has 4 nitrogen and oxygen atoms in total. The molecule has 0 saturated carbocycles. The zero-order valence-corrected chi connectivity index (χ0v) is 12.7. The number of fused-ring (bicyclic) bond motifs is 1. The fraction of sp³-hybridized carbons (Fsp3) is 0.133. The van der Waals surface area contributed by atoms with E-state index in [0.717, 1.165) is 9.26 Å². The van der Waals surface area contributed by atoms with Crippen LogP contribution < -0.4 is 14.8 Å². The molecule has 1 heterocycles. The Kier molecular flexibility index (Phi) is 3.77. The van der Waals surface area contributed by atoms with Crippen LogP contribution in [0.5, 0.6) is 11.5 Å². The standard InChI is InChI=1S/C15H12INO3/c16-10-5-1-2-6-11(10)17-15(18)14-9-19-12-7-3-4-8-13(12)20-14/h1-8,14H,9H2,(H,17,18)/t14-/m0/s1. The summed E-state index contributed by atoms with van der Waals surface area (Å²) in [5, 5.41) is 2.86. The molecule has 0 bridgehead atoms. The van der Waals surface area contributed by atoms with Gasteiger partial charge in [0.05, 0.1) is 5.69 Å². The van der Waals surface area contributed by atoms with Crippen molar-refractivity contribution in [2.45, 2.75) is 6.10 Å². The third-order valence-electron chi connectivity index (χ3n) is 2.93. The minimum Gasteiger partial charge on any atom is -0.485 e. The number of carbonyl (C=O) groups excluding carboxylic acids is 1. The predicted molar refractivity (Wildman–Crippen MR) is 84.1 cm³/mol. The highest BCUT2D eigenvalue weighted by Gasteiger charge is 2.27. The number of amides is 1. The van der Waals surface area contributed by atoms with Gasteiger partial charge in [0.1, 0.15) is 6.61 Å². The van der Waals surface area contributed by atoms with Crippen LogP contribution in [0.1, 0.15) is 0 Å². The number of anilines is 1. The Labute approximate surface area is 130 Å². The van der Waals surface area contributed by atoms with Gasteiger partial charge in [-0.15, -0.1) is 0 Å². The van der Waals surface area contributed by atoms with Crippen molar-refractivity contribution in [3.63, 3.8) is 0 Å². The molecule has 0 aliphatic carbocycles. The summed E-state index contributed by atoms with van der Waals surface area (Å²) in [6.45, 7) is 0.215. The molecule has 0 spiro atoms. The highest BCUT2D eigenvalue weighted by molar-refractivity contribution is 14.1. The van der Waals surface area contributed by atoms with Gasteiger partial charge in [0.2, 0.25) is 6.10 Å². The largest absolute Gasteiger partial charge is 0.485 e. The second-order valence-electron chi connectivity index (χ2n) is 4.33. The summed E-state index contributed by atoms with van der Waals surface area (Å²) in [6.07, 6.45) is -0.638. The van der Waals surface area contributed by atoms with E-state index in [-0.39, 0.29) is 12.5 Å². The molecule has 5 heteroatoms. The SMILES string of the molecule is O=C(Nc1ccccc1I)[C@@H]1COc2ccccc2O1. The molecule has 1 N–H and O–H groups in total. The van der Waals surface area contributed by atoms with Crippen LogP contribution in [0.25, 0.3) is 0 Å². The summed E-state index contributed by atoms with van der Waals surface area (Å²) in [4.78, 5) is 12.2. The lowest BCUT2D eigenvalue weighted by Crippen LogP contribution is -2.40. The maximum atomic E-state index is 12.2. The maximum Gasteiger partial charge on any atom is 0.269 e. The van der Waals surface area contributed by atoms with Crippen molar-refractivity contribution >= 4 is 34.2 Å². The molecule has 102 valence electrons. The normalized spacial score (nSPS) is 16.6. The Hall–Kier alpha value is -1.76. The average molecular weight is 381 g/mol. The number of halogens is 1. The van der Waals surface area contributed by atoms with E-state index < -0.39 is 6.10 Å². The molecule has 0 saturated heterocycles. The first-order valence-electron chi connectivity index (χ1n) is 6.18. The van der Waals surface area contributed by atoms with Crippen molar-refractivity contribution in [2.24, 2.45) is 0 Å². The van der Waals surface area contributed by atoms with Gasteiger partial charge in [-0.1, -0.05) is 24.3 Å². The molecule has 1 aliphatic heterocycles.